The molecular formula is C15H19N3O5S. The van der Waals surface area contributed by atoms with E-state index in [9.17, 15) is 18.0 Å². The number of hydrogen-bond donors (Lipinski definition) is 1. The smallest absolute Gasteiger partial charge is 0.323 e. The third-order valence-electron chi connectivity index (χ3n) is 3.66. The van der Waals surface area contributed by atoms with E-state index in [1.807, 2.05) is 0 Å². The molecule has 1 aliphatic heterocycles. The summed E-state index contributed by atoms with van der Waals surface area (Å²) < 4.78 is 27.8. The molecule has 130 valence electrons. The predicted molar refractivity (Wildman–Crippen MR) is 87.3 cm³/mol. The number of amides is 1. The Balaban J connectivity index is 1.96. The highest BCUT2D eigenvalue weighted by Gasteiger charge is 2.30. The lowest BCUT2D eigenvalue weighted by molar-refractivity contribution is -0.143. The molecule has 0 spiro atoms. The number of fused-ring (bicyclic) bond motifs is 1. The molecule has 0 radical (unpaired) electrons. The summed E-state index contributed by atoms with van der Waals surface area (Å²) >= 11 is 0. The van der Waals surface area contributed by atoms with Crippen LogP contribution in [0.4, 0.5) is 0 Å². The van der Waals surface area contributed by atoms with Gasteiger partial charge >= 0.3 is 5.97 Å². The van der Waals surface area contributed by atoms with Gasteiger partial charge in [0.15, 0.2) is 0 Å². The zero-order valence-corrected chi connectivity index (χ0v) is 14.3. The van der Waals surface area contributed by atoms with Gasteiger partial charge < -0.3 is 14.9 Å². The van der Waals surface area contributed by atoms with Crippen molar-refractivity contribution in [3.63, 3.8) is 0 Å². The minimum absolute atomic E-state index is 0.176. The Kier molecular flexibility index (Phi) is 5.23. The van der Waals surface area contributed by atoms with Crippen LogP contribution in [0, 0.1) is 0 Å². The van der Waals surface area contributed by atoms with Gasteiger partial charge in [-0.05, 0) is 18.6 Å². The Labute approximate surface area is 140 Å². The molecule has 8 nitrogen and oxygen atoms in total. The first-order valence-electron chi connectivity index (χ1n) is 7.33. The number of carboxylic acid groups (broad SMARTS) is 1. The van der Waals surface area contributed by atoms with Crippen LogP contribution in [-0.2, 0) is 19.6 Å². The number of nitrogens with zero attached hydrogens (tertiary/aromatic N) is 3. The minimum Gasteiger partial charge on any atom is -0.480 e. The normalized spacial score (nSPS) is 14.7. The van der Waals surface area contributed by atoms with Crippen LogP contribution in [0.1, 0.15) is 18.4 Å². The molecular weight excluding hydrogens is 334 g/mol. The van der Waals surface area contributed by atoms with Gasteiger partial charge in [-0.3, -0.25) is 9.59 Å². The van der Waals surface area contributed by atoms with Crippen molar-refractivity contribution >= 4 is 27.7 Å². The predicted octanol–water partition coefficient (Wildman–Crippen LogP) is 0.391. The molecule has 9 heteroatoms. The number of rotatable bonds is 6. The molecule has 0 fully saturated rings. The van der Waals surface area contributed by atoms with Gasteiger partial charge in [-0.25, -0.2) is 0 Å². The monoisotopic (exact) mass is 353 g/mol. The summed E-state index contributed by atoms with van der Waals surface area (Å²) in [5.74, 6) is -0.978. The third-order valence-corrected chi connectivity index (χ3v) is 4.98. The van der Waals surface area contributed by atoms with E-state index in [1.165, 1.54) is 13.1 Å². The number of benzene rings is 1. The van der Waals surface area contributed by atoms with Gasteiger partial charge in [0.1, 0.15) is 17.3 Å². The van der Waals surface area contributed by atoms with E-state index < -0.39 is 16.0 Å². The highest BCUT2D eigenvalue weighted by molar-refractivity contribution is 7.90. The number of sulfonamides is 1. The largest absolute Gasteiger partial charge is 0.480 e. The number of carbonyl (C=O) groups excluding carboxylic acids is 1. The maximum atomic E-state index is 12.0. The first kappa shape index (κ1) is 17.9. The second kappa shape index (κ2) is 7.00. The fourth-order valence-electron chi connectivity index (χ4n) is 2.42. The summed E-state index contributed by atoms with van der Waals surface area (Å²) in [6.45, 7) is 0.0857. The van der Waals surface area contributed by atoms with E-state index in [0.29, 0.717) is 24.4 Å². The van der Waals surface area contributed by atoms with Gasteiger partial charge in [-0.15, -0.1) is 4.40 Å². The van der Waals surface area contributed by atoms with Crippen molar-refractivity contribution in [2.75, 3.05) is 27.2 Å². The van der Waals surface area contributed by atoms with Crippen LogP contribution >= 0.6 is 0 Å². The molecule has 1 amide bonds. The Morgan fingerprint density at radius 1 is 1.21 bits per heavy atom. The van der Waals surface area contributed by atoms with Gasteiger partial charge in [-0.2, -0.15) is 8.42 Å². The van der Waals surface area contributed by atoms with E-state index in [2.05, 4.69) is 4.40 Å². The average molecular weight is 353 g/mol. The van der Waals surface area contributed by atoms with Gasteiger partial charge in [0, 0.05) is 32.6 Å². The Bertz CT molecular complexity index is 788. The highest BCUT2D eigenvalue weighted by Crippen LogP contribution is 2.26. The molecule has 2 rings (SSSR count). The molecule has 0 aromatic heterocycles. The molecule has 0 unspecified atom stereocenters. The summed E-state index contributed by atoms with van der Waals surface area (Å²) in [6.07, 6.45) is 0.635. The first-order chi connectivity index (χ1) is 11.2. The van der Waals surface area contributed by atoms with Crippen molar-refractivity contribution in [1.82, 2.24) is 9.80 Å². The van der Waals surface area contributed by atoms with Gasteiger partial charge in [0.25, 0.3) is 10.0 Å². The quantitative estimate of drug-likeness (QED) is 0.793. The average Bonchev–Trinajstić information content (AvgIpc) is 2.78. The maximum Gasteiger partial charge on any atom is 0.323 e. The zero-order valence-electron chi connectivity index (χ0n) is 13.5. The first-order valence-corrected chi connectivity index (χ1v) is 8.77. The molecule has 0 aliphatic carbocycles. The number of carboxylic acids is 1. The second-order valence-electron chi connectivity index (χ2n) is 5.55. The molecule has 0 saturated carbocycles. The molecule has 0 saturated heterocycles. The molecule has 1 aromatic rings. The standard InChI is InChI=1S/C15H19N3O5S/c1-17(9-5-8-13(19)18(2)10-14(20)21)15-11-6-3-4-7-12(11)24(22,23)16-15/h3-4,6-7H,5,8-10H2,1-2H3,(H,20,21). The van der Waals surface area contributed by atoms with E-state index in [0.717, 1.165) is 4.90 Å². The van der Waals surface area contributed by atoms with Crippen LogP contribution in [-0.4, -0.2) is 68.2 Å². The van der Waals surface area contributed by atoms with Crippen molar-refractivity contribution in [2.24, 2.45) is 4.40 Å². The topological polar surface area (TPSA) is 107 Å². The SMILES string of the molecule is CN(CC(=O)O)C(=O)CCCN(C)C1=NS(=O)(=O)c2ccccc21. The molecule has 0 atom stereocenters. The highest BCUT2D eigenvalue weighted by atomic mass is 32.2. The van der Waals surface area contributed by atoms with Crippen LogP contribution in [0.3, 0.4) is 0 Å². The van der Waals surface area contributed by atoms with E-state index in [4.69, 9.17) is 5.11 Å². The second-order valence-corrected chi connectivity index (χ2v) is 7.13. The van der Waals surface area contributed by atoms with Crippen molar-refractivity contribution in [3.8, 4) is 0 Å². The number of amidine groups is 1. The summed E-state index contributed by atoms with van der Waals surface area (Å²) in [5, 5.41) is 8.66. The fraction of sp³-hybridized carbons (Fsp3) is 0.400. The lowest BCUT2D eigenvalue weighted by Gasteiger charge is -2.20. The zero-order chi connectivity index (χ0) is 17.9. The molecule has 1 aliphatic rings. The van der Waals surface area contributed by atoms with E-state index >= 15 is 0 Å². The van der Waals surface area contributed by atoms with Crippen molar-refractivity contribution in [3.05, 3.63) is 29.8 Å². The lowest BCUT2D eigenvalue weighted by Crippen LogP contribution is -2.33. The lowest BCUT2D eigenvalue weighted by atomic mass is 10.2. The third kappa shape index (κ3) is 3.91. The Morgan fingerprint density at radius 2 is 1.88 bits per heavy atom. The number of carbonyl (C=O) groups is 2. The number of aliphatic carboxylic acids is 1. The number of likely N-dealkylation sites (N-methyl/N-ethyl adjacent to an activating group) is 1. The van der Waals surface area contributed by atoms with Gasteiger partial charge in [0.2, 0.25) is 5.91 Å². The molecule has 1 N–H and O–H groups in total. The molecule has 1 heterocycles. The van der Waals surface area contributed by atoms with Crippen LogP contribution in [0.15, 0.2) is 33.6 Å². The summed E-state index contributed by atoms with van der Waals surface area (Å²) in [5.41, 5.74) is 0.550. The van der Waals surface area contributed by atoms with Crippen molar-refractivity contribution in [1.29, 1.82) is 0 Å². The van der Waals surface area contributed by atoms with Crippen molar-refractivity contribution in [2.45, 2.75) is 17.7 Å². The maximum absolute atomic E-state index is 12.0. The van der Waals surface area contributed by atoms with Crippen LogP contribution in [0.5, 0.6) is 0 Å². The molecule has 0 bridgehead atoms. The van der Waals surface area contributed by atoms with Crippen molar-refractivity contribution < 1.29 is 23.1 Å². The summed E-state index contributed by atoms with van der Waals surface area (Å²) in [4.78, 5) is 25.4. The van der Waals surface area contributed by atoms with Crippen LogP contribution in [0.25, 0.3) is 0 Å². The summed E-state index contributed by atoms with van der Waals surface area (Å²) in [6, 6.07) is 6.60. The molecule has 24 heavy (non-hydrogen) atoms. The molecule has 1 aromatic carbocycles. The summed E-state index contributed by atoms with van der Waals surface area (Å²) in [7, 11) is -0.517. The Hall–Kier alpha value is -2.42. The van der Waals surface area contributed by atoms with E-state index in [1.54, 1.807) is 30.1 Å². The number of hydrogen-bond acceptors (Lipinski definition) is 5. The Morgan fingerprint density at radius 3 is 2.54 bits per heavy atom. The van der Waals surface area contributed by atoms with E-state index in [-0.39, 0.29) is 23.8 Å². The fourth-order valence-corrected chi connectivity index (χ4v) is 3.67. The van der Waals surface area contributed by atoms with Crippen LogP contribution in [0.2, 0.25) is 0 Å². The minimum atomic E-state index is -3.66. The van der Waals surface area contributed by atoms with Gasteiger partial charge in [0.05, 0.1) is 0 Å². The van der Waals surface area contributed by atoms with Crippen LogP contribution < -0.4 is 0 Å². The van der Waals surface area contributed by atoms with Gasteiger partial charge in [-0.1, -0.05) is 12.1 Å².